The van der Waals surface area contributed by atoms with Crippen LogP contribution in [0.1, 0.15) is 23.7 Å². The van der Waals surface area contributed by atoms with Gasteiger partial charge in [0.25, 0.3) is 11.1 Å². The first-order valence-corrected chi connectivity index (χ1v) is 10.2. The van der Waals surface area contributed by atoms with Crippen LogP contribution in [0.25, 0.3) is 11.0 Å². The van der Waals surface area contributed by atoms with Crippen molar-refractivity contribution >= 4 is 22.4 Å². The number of rotatable bonds is 6. The first-order chi connectivity index (χ1) is 14.6. The van der Waals surface area contributed by atoms with Gasteiger partial charge in [0.15, 0.2) is 0 Å². The maximum atomic E-state index is 12.9. The number of aromatic nitrogens is 3. The van der Waals surface area contributed by atoms with Crippen LogP contribution in [-0.4, -0.2) is 28.3 Å². The van der Waals surface area contributed by atoms with E-state index in [2.05, 4.69) is 10.1 Å². The van der Waals surface area contributed by atoms with E-state index in [-0.39, 0.29) is 22.6 Å². The maximum Gasteiger partial charge on any atom is 0.296 e. The highest BCUT2D eigenvalue weighted by Crippen LogP contribution is 2.18. The van der Waals surface area contributed by atoms with Crippen molar-refractivity contribution in [1.82, 2.24) is 14.6 Å². The minimum absolute atomic E-state index is 0.217. The molecule has 8 heteroatoms. The average molecular weight is 421 g/mol. The second kappa shape index (κ2) is 8.46. The summed E-state index contributed by atoms with van der Waals surface area (Å²) in [6, 6.07) is 14.8. The third-order valence-electron chi connectivity index (χ3n) is 4.49. The Morgan fingerprint density at radius 2 is 1.87 bits per heavy atom. The lowest BCUT2D eigenvalue weighted by Gasteiger charge is -2.05. The molecule has 0 saturated heterocycles. The summed E-state index contributed by atoms with van der Waals surface area (Å²) in [7, 11) is 1.59. The maximum absolute atomic E-state index is 12.9. The van der Waals surface area contributed by atoms with E-state index in [0.717, 1.165) is 28.2 Å². The Kier molecular flexibility index (Phi) is 5.58. The molecule has 4 rings (SSSR count). The largest absolute Gasteiger partial charge is 0.497 e. The highest BCUT2D eigenvalue weighted by molar-refractivity contribution is 7.15. The van der Waals surface area contributed by atoms with Gasteiger partial charge in [0.2, 0.25) is 4.96 Å². The first-order valence-electron chi connectivity index (χ1n) is 9.38. The molecule has 0 fully saturated rings. The molecule has 2 aromatic heterocycles. The van der Waals surface area contributed by atoms with Crippen LogP contribution in [0, 0.1) is 0 Å². The summed E-state index contributed by atoms with van der Waals surface area (Å²) in [6.45, 7) is 2.42. The molecule has 2 heterocycles. The number of fused-ring (bicyclic) bond motifs is 1. The van der Waals surface area contributed by atoms with Crippen LogP contribution in [0.15, 0.2) is 58.1 Å². The standard InChI is InChI=1S/C22H19N3O4S/c1-3-29-18-7-5-4-6-15(18)13-19-21(27)25-22(30-19)23-20(26)17(24-25)12-14-8-10-16(28-2)11-9-14/h4-11,13H,3,12H2,1-2H3/b19-13-. The highest BCUT2D eigenvalue weighted by Gasteiger charge is 2.12. The molecule has 0 saturated carbocycles. The van der Waals surface area contributed by atoms with Gasteiger partial charge in [-0.15, -0.1) is 0 Å². The van der Waals surface area contributed by atoms with Crippen molar-refractivity contribution in [3.05, 3.63) is 90.6 Å². The number of para-hydroxylation sites is 1. The second-order valence-electron chi connectivity index (χ2n) is 6.47. The zero-order valence-corrected chi connectivity index (χ0v) is 17.3. The van der Waals surface area contributed by atoms with Gasteiger partial charge in [0.1, 0.15) is 17.2 Å². The summed E-state index contributed by atoms with van der Waals surface area (Å²) in [5.74, 6) is 1.41. The van der Waals surface area contributed by atoms with Crippen LogP contribution in [0.3, 0.4) is 0 Å². The van der Waals surface area contributed by atoms with E-state index in [1.165, 1.54) is 4.52 Å². The van der Waals surface area contributed by atoms with E-state index in [9.17, 15) is 9.59 Å². The normalized spacial score (nSPS) is 11.7. The van der Waals surface area contributed by atoms with Crippen LogP contribution in [0.4, 0.5) is 0 Å². The van der Waals surface area contributed by atoms with Crippen LogP contribution in [0.2, 0.25) is 0 Å². The van der Waals surface area contributed by atoms with Crippen molar-refractivity contribution < 1.29 is 9.47 Å². The third-order valence-corrected chi connectivity index (χ3v) is 5.45. The van der Waals surface area contributed by atoms with E-state index >= 15 is 0 Å². The van der Waals surface area contributed by atoms with Gasteiger partial charge in [0, 0.05) is 12.0 Å². The van der Waals surface area contributed by atoms with Crippen LogP contribution in [0.5, 0.6) is 11.5 Å². The number of ether oxygens (including phenoxy) is 2. The van der Waals surface area contributed by atoms with Crippen LogP contribution in [-0.2, 0) is 6.42 Å². The van der Waals surface area contributed by atoms with Crippen molar-refractivity contribution in [2.75, 3.05) is 13.7 Å². The Hall–Kier alpha value is -3.52. The topological polar surface area (TPSA) is 82.8 Å². The molecule has 0 spiro atoms. The lowest BCUT2D eigenvalue weighted by molar-refractivity contribution is 0.339. The zero-order valence-electron chi connectivity index (χ0n) is 16.5. The van der Waals surface area contributed by atoms with E-state index in [0.29, 0.717) is 16.9 Å². The Bertz CT molecular complexity index is 1360. The highest BCUT2D eigenvalue weighted by atomic mass is 32.1. The summed E-state index contributed by atoms with van der Waals surface area (Å²) in [5.41, 5.74) is 1.12. The summed E-state index contributed by atoms with van der Waals surface area (Å²) in [5, 5.41) is 4.29. The fourth-order valence-electron chi connectivity index (χ4n) is 3.02. The molecule has 4 aromatic rings. The SMILES string of the molecule is CCOc1ccccc1/C=c1\sc2nc(=O)c(Cc3ccc(OC)cc3)nn2c1=O. The number of methoxy groups -OCH3 is 1. The Balaban J connectivity index is 1.76. The molecule has 0 aliphatic heterocycles. The minimum atomic E-state index is -0.437. The van der Waals surface area contributed by atoms with Gasteiger partial charge in [-0.3, -0.25) is 9.59 Å². The first kappa shape index (κ1) is 19.8. The molecule has 2 aromatic carbocycles. The number of hydrogen-bond donors (Lipinski definition) is 0. The predicted octanol–water partition coefficient (Wildman–Crippen LogP) is 2.06. The Morgan fingerprint density at radius 1 is 1.10 bits per heavy atom. The number of thiazole rings is 1. The molecule has 0 amide bonds. The van der Waals surface area contributed by atoms with Gasteiger partial charge in [-0.1, -0.05) is 41.7 Å². The van der Waals surface area contributed by atoms with Gasteiger partial charge < -0.3 is 9.47 Å². The Labute approximate surface area is 175 Å². The molecular weight excluding hydrogens is 402 g/mol. The zero-order chi connectivity index (χ0) is 21.1. The number of hydrogen-bond acceptors (Lipinski definition) is 7. The monoisotopic (exact) mass is 421 g/mol. The second-order valence-corrected chi connectivity index (χ2v) is 7.48. The van der Waals surface area contributed by atoms with Crippen molar-refractivity contribution in [3.8, 4) is 11.5 Å². The number of nitrogens with zero attached hydrogens (tertiary/aromatic N) is 3. The molecule has 152 valence electrons. The van der Waals surface area contributed by atoms with Crippen molar-refractivity contribution in [2.24, 2.45) is 0 Å². The quantitative estimate of drug-likeness (QED) is 0.474. The molecule has 0 unspecified atom stereocenters. The Morgan fingerprint density at radius 3 is 2.60 bits per heavy atom. The molecule has 0 aliphatic rings. The summed E-state index contributed by atoms with van der Waals surface area (Å²) in [4.78, 5) is 29.7. The predicted molar refractivity (Wildman–Crippen MR) is 116 cm³/mol. The van der Waals surface area contributed by atoms with E-state index in [1.54, 1.807) is 13.2 Å². The van der Waals surface area contributed by atoms with E-state index in [1.807, 2.05) is 55.5 Å². The molecule has 0 aliphatic carbocycles. The number of benzene rings is 2. The summed E-state index contributed by atoms with van der Waals surface area (Å²) >= 11 is 1.13. The molecular formula is C22H19N3O4S. The fraction of sp³-hybridized carbons (Fsp3) is 0.182. The van der Waals surface area contributed by atoms with Crippen molar-refractivity contribution in [2.45, 2.75) is 13.3 Å². The molecule has 0 atom stereocenters. The van der Waals surface area contributed by atoms with Gasteiger partial charge >= 0.3 is 0 Å². The average Bonchev–Trinajstić information content (AvgIpc) is 3.05. The third kappa shape index (κ3) is 3.95. The van der Waals surface area contributed by atoms with Crippen molar-refractivity contribution in [3.63, 3.8) is 0 Å². The van der Waals surface area contributed by atoms with Gasteiger partial charge in [-0.05, 0) is 36.8 Å². The molecule has 0 N–H and O–H groups in total. The van der Waals surface area contributed by atoms with Crippen molar-refractivity contribution in [1.29, 1.82) is 0 Å². The molecule has 0 bridgehead atoms. The van der Waals surface area contributed by atoms with Gasteiger partial charge in [-0.2, -0.15) is 14.6 Å². The summed E-state index contributed by atoms with van der Waals surface area (Å²) in [6.07, 6.45) is 2.02. The molecule has 30 heavy (non-hydrogen) atoms. The molecule has 0 radical (unpaired) electrons. The minimum Gasteiger partial charge on any atom is -0.497 e. The lowest BCUT2D eigenvalue weighted by atomic mass is 10.1. The van der Waals surface area contributed by atoms with E-state index < -0.39 is 5.56 Å². The fourth-order valence-corrected chi connectivity index (χ4v) is 3.91. The summed E-state index contributed by atoms with van der Waals surface area (Å²) < 4.78 is 12.4. The lowest BCUT2D eigenvalue weighted by Crippen LogP contribution is -2.28. The van der Waals surface area contributed by atoms with Gasteiger partial charge in [0.05, 0.1) is 18.2 Å². The van der Waals surface area contributed by atoms with Crippen LogP contribution < -0.4 is 25.1 Å². The molecule has 7 nitrogen and oxygen atoms in total. The van der Waals surface area contributed by atoms with E-state index in [4.69, 9.17) is 9.47 Å². The van der Waals surface area contributed by atoms with Gasteiger partial charge in [-0.25, -0.2) is 0 Å². The van der Waals surface area contributed by atoms with Crippen LogP contribution >= 0.6 is 11.3 Å². The smallest absolute Gasteiger partial charge is 0.296 e.